The van der Waals surface area contributed by atoms with E-state index in [0.29, 0.717) is 30.5 Å². The molecule has 1 rings (SSSR count). The molecule has 0 spiro atoms. The van der Waals surface area contributed by atoms with E-state index in [-0.39, 0.29) is 0 Å². The van der Waals surface area contributed by atoms with Crippen LogP contribution in [0.2, 0.25) is 0 Å². The third-order valence-electron chi connectivity index (χ3n) is 2.75. The highest BCUT2D eigenvalue weighted by Crippen LogP contribution is 2.11. The van der Waals surface area contributed by atoms with Crippen LogP contribution in [0.3, 0.4) is 0 Å². The molecule has 1 heterocycles. The van der Waals surface area contributed by atoms with Gasteiger partial charge >= 0.3 is 0 Å². The van der Waals surface area contributed by atoms with E-state index in [2.05, 4.69) is 27.8 Å². The summed E-state index contributed by atoms with van der Waals surface area (Å²) in [5, 5.41) is 1.01. The normalized spacial score (nSPS) is 24.7. The van der Waals surface area contributed by atoms with Gasteiger partial charge in [0.15, 0.2) is 9.84 Å². The first-order valence-electron chi connectivity index (χ1n) is 5.06. The Labute approximate surface area is 94.9 Å². The van der Waals surface area contributed by atoms with Crippen LogP contribution in [-0.2, 0) is 9.84 Å². The smallest absolute Gasteiger partial charge is 0.152 e. The molecule has 1 aliphatic rings. The molecule has 0 bridgehead atoms. The Morgan fingerprint density at radius 1 is 1.36 bits per heavy atom. The minimum atomic E-state index is -2.72. The van der Waals surface area contributed by atoms with Crippen LogP contribution in [0.1, 0.15) is 13.3 Å². The third-order valence-corrected chi connectivity index (χ3v) is 5.27. The first-order chi connectivity index (χ1) is 6.57. The monoisotopic (exact) mass is 283 g/mol. The van der Waals surface area contributed by atoms with Crippen molar-refractivity contribution in [1.29, 1.82) is 0 Å². The van der Waals surface area contributed by atoms with E-state index in [1.54, 1.807) is 0 Å². The van der Waals surface area contributed by atoms with Crippen LogP contribution in [0.4, 0.5) is 0 Å². The minimum Gasteiger partial charge on any atom is -0.301 e. The number of hydrogen-bond donors (Lipinski definition) is 0. The topological polar surface area (TPSA) is 37.4 Å². The Morgan fingerprint density at radius 3 is 2.36 bits per heavy atom. The first kappa shape index (κ1) is 12.5. The van der Waals surface area contributed by atoms with Crippen LogP contribution in [0.25, 0.3) is 0 Å². The van der Waals surface area contributed by atoms with Crippen LogP contribution in [-0.4, -0.2) is 49.8 Å². The summed E-state index contributed by atoms with van der Waals surface area (Å²) in [7, 11) is -2.72. The molecule has 0 amide bonds. The summed E-state index contributed by atoms with van der Waals surface area (Å²) in [6.07, 6.45) is 1.15. The molecule has 0 aromatic rings. The lowest BCUT2D eigenvalue weighted by molar-refractivity contribution is 0.255. The van der Waals surface area contributed by atoms with Crippen molar-refractivity contribution in [2.75, 3.05) is 36.5 Å². The number of sulfone groups is 1. The second-order valence-corrected chi connectivity index (χ2v) is 6.83. The fourth-order valence-corrected chi connectivity index (χ4v) is 3.52. The highest BCUT2D eigenvalue weighted by atomic mass is 79.9. The molecule has 5 heteroatoms. The second kappa shape index (κ2) is 5.47. The fourth-order valence-electron chi connectivity index (χ4n) is 1.58. The first-order valence-corrected chi connectivity index (χ1v) is 8.00. The van der Waals surface area contributed by atoms with E-state index in [4.69, 9.17) is 0 Å². The van der Waals surface area contributed by atoms with Crippen molar-refractivity contribution in [2.24, 2.45) is 5.92 Å². The average molecular weight is 284 g/mol. The molecule has 0 saturated carbocycles. The van der Waals surface area contributed by atoms with E-state index < -0.39 is 9.84 Å². The molecule has 14 heavy (non-hydrogen) atoms. The lowest BCUT2D eigenvalue weighted by Crippen LogP contribution is -2.42. The van der Waals surface area contributed by atoms with Gasteiger partial charge in [0.25, 0.3) is 0 Å². The highest BCUT2D eigenvalue weighted by molar-refractivity contribution is 9.09. The van der Waals surface area contributed by atoms with Crippen LogP contribution in [0.15, 0.2) is 0 Å². The quantitative estimate of drug-likeness (QED) is 0.726. The molecule has 0 aromatic heterocycles. The summed E-state index contributed by atoms with van der Waals surface area (Å²) in [4.78, 5) is 2.26. The van der Waals surface area contributed by atoms with Crippen molar-refractivity contribution in [3.63, 3.8) is 0 Å². The maximum absolute atomic E-state index is 11.2. The Balaban J connectivity index is 2.35. The molecule has 1 atom stereocenters. The SMILES string of the molecule is CCC(CBr)CN1CCS(=O)(=O)CC1. The van der Waals surface area contributed by atoms with Crippen LogP contribution >= 0.6 is 15.9 Å². The van der Waals surface area contributed by atoms with E-state index >= 15 is 0 Å². The van der Waals surface area contributed by atoms with Gasteiger partial charge in [-0.1, -0.05) is 29.3 Å². The van der Waals surface area contributed by atoms with Gasteiger partial charge in [-0.15, -0.1) is 0 Å². The Bertz CT molecular complexity index is 248. The Morgan fingerprint density at radius 2 is 1.93 bits per heavy atom. The summed E-state index contributed by atoms with van der Waals surface area (Å²) in [6, 6.07) is 0. The van der Waals surface area contributed by atoms with Gasteiger partial charge in [-0.3, -0.25) is 0 Å². The van der Waals surface area contributed by atoms with Crippen LogP contribution in [0, 0.1) is 5.92 Å². The number of rotatable bonds is 4. The average Bonchev–Trinajstić information content (AvgIpc) is 2.16. The standard InChI is InChI=1S/C9H18BrNO2S/c1-2-9(7-10)8-11-3-5-14(12,13)6-4-11/h9H,2-8H2,1H3. The summed E-state index contributed by atoms with van der Waals surface area (Å²) < 4.78 is 22.4. The molecule has 1 saturated heterocycles. The van der Waals surface area contributed by atoms with Gasteiger partial charge in [0.2, 0.25) is 0 Å². The summed E-state index contributed by atoms with van der Waals surface area (Å²) in [5.41, 5.74) is 0. The maximum atomic E-state index is 11.2. The van der Waals surface area contributed by atoms with Gasteiger partial charge in [-0.2, -0.15) is 0 Å². The van der Waals surface area contributed by atoms with Gasteiger partial charge < -0.3 is 4.90 Å². The van der Waals surface area contributed by atoms with Crippen LogP contribution in [0.5, 0.6) is 0 Å². The zero-order valence-corrected chi connectivity index (χ0v) is 11.0. The lowest BCUT2D eigenvalue weighted by Gasteiger charge is -2.29. The zero-order chi connectivity index (χ0) is 10.6. The van der Waals surface area contributed by atoms with Gasteiger partial charge in [0.05, 0.1) is 11.5 Å². The molecule has 1 fully saturated rings. The van der Waals surface area contributed by atoms with Gasteiger partial charge in [0.1, 0.15) is 0 Å². The van der Waals surface area contributed by atoms with Gasteiger partial charge in [0, 0.05) is 25.0 Å². The number of halogens is 1. The lowest BCUT2D eigenvalue weighted by atomic mass is 10.1. The molecule has 1 aliphatic heterocycles. The molecule has 84 valence electrons. The van der Waals surface area contributed by atoms with Crippen molar-refractivity contribution in [3.8, 4) is 0 Å². The molecule has 0 aromatic carbocycles. The molecule has 3 nitrogen and oxygen atoms in total. The largest absolute Gasteiger partial charge is 0.301 e. The number of hydrogen-bond acceptors (Lipinski definition) is 3. The van der Waals surface area contributed by atoms with Gasteiger partial charge in [-0.05, 0) is 5.92 Å². The fraction of sp³-hybridized carbons (Fsp3) is 1.00. The van der Waals surface area contributed by atoms with Crippen molar-refractivity contribution >= 4 is 25.8 Å². The van der Waals surface area contributed by atoms with E-state index in [1.165, 1.54) is 0 Å². The predicted octanol–water partition coefficient (Wildman–Crippen LogP) is 1.14. The predicted molar refractivity (Wildman–Crippen MR) is 62.7 cm³/mol. The molecule has 0 N–H and O–H groups in total. The Kier molecular flexibility index (Phi) is 4.87. The third kappa shape index (κ3) is 3.87. The molecule has 0 aliphatic carbocycles. The van der Waals surface area contributed by atoms with Crippen molar-refractivity contribution in [1.82, 2.24) is 4.90 Å². The van der Waals surface area contributed by atoms with E-state index in [9.17, 15) is 8.42 Å². The summed E-state index contributed by atoms with van der Waals surface area (Å²) >= 11 is 3.48. The zero-order valence-electron chi connectivity index (χ0n) is 8.58. The Hall–Kier alpha value is 0.390. The van der Waals surface area contributed by atoms with Gasteiger partial charge in [-0.25, -0.2) is 8.42 Å². The number of nitrogens with zero attached hydrogens (tertiary/aromatic N) is 1. The minimum absolute atomic E-state index is 0.339. The second-order valence-electron chi connectivity index (χ2n) is 3.88. The van der Waals surface area contributed by atoms with E-state index in [0.717, 1.165) is 18.3 Å². The molecule has 0 radical (unpaired) electrons. The van der Waals surface area contributed by atoms with Crippen molar-refractivity contribution in [2.45, 2.75) is 13.3 Å². The highest BCUT2D eigenvalue weighted by Gasteiger charge is 2.22. The molecular weight excluding hydrogens is 266 g/mol. The number of alkyl halides is 1. The van der Waals surface area contributed by atoms with Crippen molar-refractivity contribution < 1.29 is 8.42 Å². The molecule has 1 unspecified atom stereocenters. The van der Waals surface area contributed by atoms with E-state index in [1.807, 2.05) is 0 Å². The summed E-state index contributed by atoms with van der Waals surface area (Å²) in [6.45, 7) is 4.63. The van der Waals surface area contributed by atoms with Crippen molar-refractivity contribution in [3.05, 3.63) is 0 Å². The maximum Gasteiger partial charge on any atom is 0.152 e. The summed E-state index contributed by atoms with van der Waals surface area (Å²) in [5.74, 6) is 1.33. The molecular formula is C9H18BrNO2S. The van der Waals surface area contributed by atoms with Crippen LogP contribution < -0.4 is 0 Å².